The zero-order chi connectivity index (χ0) is 12.8. The first kappa shape index (κ1) is 12.6. The third-order valence-corrected chi connectivity index (χ3v) is 2.88. The average Bonchev–Trinajstić information content (AvgIpc) is 2.41. The van der Waals surface area contributed by atoms with Gasteiger partial charge in [-0.2, -0.15) is 5.26 Å². The van der Waals surface area contributed by atoms with Crippen LogP contribution in [0.25, 0.3) is 0 Å². The molecule has 2 aromatic rings. The highest BCUT2D eigenvalue weighted by Gasteiger charge is 1.96. The summed E-state index contributed by atoms with van der Waals surface area (Å²) in [5, 5.41) is 12.9. The Balaban J connectivity index is 1.88. The first-order valence-electron chi connectivity index (χ1n) is 5.72. The molecule has 0 atom stereocenters. The highest BCUT2D eigenvalue weighted by Crippen LogP contribution is 2.09. The molecule has 0 unspecified atom stereocenters. The van der Waals surface area contributed by atoms with Crippen LogP contribution in [0.1, 0.15) is 16.7 Å². The van der Waals surface area contributed by atoms with Gasteiger partial charge in [0.1, 0.15) is 0 Å². The van der Waals surface area contributed by atoms with Gasteiger partial charge in [-0.05, 0) is 35.4 Å². The highest BCUT2D eigenvalue weighted by molar-refractivity contribution is 6.30. The van der Waals surface area contributed by atoms with Crippen molar-refractivity contribution in [3.63, 3.8) is 0 Å². The van der Waals surface area contributed by atoms with Crippen LogP contribution in [0.2, 0.25) is 5.02 Å². The van der Waals surface area contributed by atoms with Crippen molar-refractivity contribution < 1.29 is 0 Å². The second-order valence-corrected chi connectivity index (χ2v) is 4.48. The number of halogens is 1. The molecule has 0 aliphatic rings. The second-order valence-electron chi connectivity index (χ2n) is 4.04. The van der Waals surface area contributed by atoms with E-state index in [1.807, 2.05) is 48.5 Å². The summed E-state index contributed by atoms with van der Waals surface area (Å²) in [7, 11) is 0. The van der Waals surface area contributed by atoms with Gasteiger partial charge < -0.3 is 5.32 Å². The summed E-state index contributed by atoms with van der Waals surface area (Å²) in [6.45, 7) is 1.53. The first-order valence-corrected chi connectivity index (χ1v) is 6.10. The molecule has 90 valence electrons. The lowest BCUT2D eigenvalue weighted by Crippen LogP contribution is -2.12. The van der Waals surface area contributed by atoms with E-state index in [1.165, 1.54) is 5.56 Å². The van der Waals surface area contributed by atoms with Crippen molar-refractivity contribution in [3.8, 4) is 6.07 Å². The van der Waals surface area contributed by atoms with Crippen LogP contribution in [0.3, 0.4) is 0 Å². The summed E-state index contributed by atoms with van der Waals surface area (Å²) < 4.78 is 0. The molecular formula is C15H13ClN2. The van der Waals surface area contributed by atoms with Gasteiger partial charge in [0.05, 0.1) is 11.6 Å². The van der Waals surface area contributed by atoms with Crippen molar-refractivity contribution in [2.75, 3.05) is 0 Å². The minimum absolute atomic E-state index is 0.695. The zero-order valence-corrected chi connectivity index (χ0v) is 10.6. The molecule has 18 heavy (non-hydrogen) atoms. The smallest absolute Gasteiger partial charge is 0.0991 e. The Hall–Kier alpha value is -1.82. The van der Waals surface area contributed by atoms with Crippen molar-refractivity contribution in [2.24, 2.45) is 0 Å². The molecule has 2 aromatic carbocycles. The molecule has 0 fully saturated rings. The molecule has 0 heterocycles. The van der Waals surface area contributed by atoms with E-state index in [0.717, 1.165) is 23.7 Å². The van der Waals surface area contributed by atoms with Gasteiger partial charge in [0.25, 0.3) is 0 Å². The van der Waals surface area contributed by atoms with Crippen LogP contribution < -0.4 is 5.32 Å². The number of rotatable bonds is 4. The second kappa shape index (κ2) is 6.20. The van der Waals surface area contributed by atoms with Crippen LogP contribution >= 0.6 is 11.6 Å². The Morgan fingerprint density at radius 2 is 1.72 bits per heavy atom. The lowest BCUT2D eigenvalue weighted by molar-refractivity contribution is 0.693. The summed E-state index contributed by atoms with van der Waals surface area (Å²) in [6, 6.07) is 17.5. The van der Waals surface area contributed by atoms with Gasteiger partial charge in [0.15, 0.2) is 0 Å². The first-order chi connectivity index (χ1) is 8.78. The van der Waals surface area contributed by atoms with Crippen LogP contribution in [-0.4, -0.2) is 0 Å². The molecule has 2 rings (SSSR count). The van der Waals surface area contributed by atoms with Gasteiger partial charge >= 0.3 is 0 Å². The van der Waals surface area contributed by atoms with Crippen molar-refractivity contribution in [1.29, 1.82) is 5.26 Å². The fourth-order valence-corrected chi connectivity index (χ4v) is 1.83. The normalized spacial score (nSPS) is 10.0. The molecule has 0 aliphatic carbocycles. The Bertz CT molecular complexity index is 555. The molecule has 0 spiro atoms. The van der Waals surface area contributed by atoms with E-state index in [4.69, 9.17) is 16.9 Å². The summed E-state index contributed by atoms with van der Waals surface area (Å²) in [6.07, 6.45) is 0. The monoisotopic (exact) mass is 256 g/mol. The van der Waals surface area contributed by atoms with Crippen molar-refractivity contribution in [2.45, 2.75) is 13.1 Å². The standard InChI is InChI=1S/C15H13ClN2/c16-15-6-4-12(5-7-15)10-18-11-14-3-1-2-13(8-14)9-17/h1-8,18H,10-11H2. The van der Waals surface area contributed by atoms with Gasteiger partial charge in [0.2, 0.25) is 0 Å². The molecule has 0 aliphatic heterocycles. The van der Waals surface area contributed by atoms with Crippen LogP contribution in [0.5, 0.6) is 0 Å². The Labute approximate surface area is 112 Å². The van der Waals surface area contributed by atoms with Gasteiger partial charge in [-0.3, -0.25) is 0 Å². The molecule has 0 saturated carbocycles. The van der Waals surface area contributed by atoms with E-state index in [-0.39, 0.29) is 0 Å². The van der Waals surface area contributed by atoms with Gasteiger partial charge in [-0.1, -0.05) is 35.9 Å². The molecular weight excluding hydrogens is 244 g/mol. The Kier molecular flexibility index (Phi) is 4.35. The van der Waals surface area contributed by atoms with Crippen molar-refractivity contribution in [1.82, 2.24) is 5.32 Å². The third kappa shape index (κ3) is 3.59. The topological polar surface area (TPSA) is 35.8 Å². The molecule has 0 saturated heterocycles. The lowest BCUT2D eigenvalue weighted by atomic mass is 10.1. The summed E-state index contributed by atoms with van der Waals surface area (Å²) in [4.78, 5) is 0. The molecule has 0 radical (unpaired) electrons. The Morgan fingerprint density at radius 3 is 2.44 bits per heavy atom. The lowest BCUT2D eigenvalue weighted by Gasteiger charge is -2.05. The maximum Gasteiger partial charge on any atom is 0.0991 e. The molecule has 0 bridgehead atoms. The Morgan fingerprint density at radius 1 is 1.00 bits per heavy atom. The maximum absolute atomic E-state index is 8.81. The summed E-state index contributed by atoms with van der Waals surface area (Å²) in [5.74, 6) is 0. The van der Waals surface area contributed by atoms with Crippen LogP contribution in [-0.2, 0) is 13.1 Å². The summed E-state index contributed by atoms with van der Waals surface area (Å²) in [5.41, 5.74) is 3.00. The average molecular weight is 257 g/mol. The van der Waals surface area contributed by atoms with E-state index in [2.05, 4.69) is 11.4 Å². The molecule has 0 amide bonds. The van der Waals surface area contributed by atoms with Crippen molar-refractivity contribution >= 4 is 11.6 Å². The molecule has 3 heteroatoms. The van der Waals surface area contributed by atoms with E-state index < -0.39 is 0 Å². The van der Waals surface area contributed by atoms with Crippen LogP contribution in [0.15, 0.2) is 48.5 Å². The fourth-order valence-electron chi connectivity index (χ4n) is 1.70. The minimum atomic E-state index is 0.695. The number of nitriles is 1. The van der Waals surface area contributed by atoms with Crippen LogP contribution in [0.4, 0.5) is 0 Å². The number of benzene rings is 2. The summed E-state index contributed by atoms with van der Waals surface area (Å²) >= 11 is 5.82. The van der Waals surface area contributed by atoms with E-state index in [0.29, 0.717) is 5.56 Å². The SMILES string of the molecule is N#Cc1cccc(CNCc2ccc(Cl)cc2)c1. The van der Waals surface area contributed by atoms with Crippen molar-refractivity contribution in [3.05, 3.63) is 70.2 Å². The molecule has 1 N–H and O–H groups in total. The minimum Gasteiger partial charge on any atom is -0.309 e. The molecule has 2 nitrogen and oxygen atoms in total. The van der Waals surface area contributed by atoms with E-state index >= 15 is 0 Å². The number of hydrogen-bond acceptors (Lipinski definition) is 2. The third-order valence-electron chi connectivity index (χ3n) is 2.63. The van der Waals surface area contributed by atoms with Crippen LogP contribution in [0, 0.1) is 11.3 Å². The van der Waals surface area contributed by atoms with Gasteiger partial charge in [-0.15, -0.1) is 0 Å². The fraction of sp³-hybridized carbons (Fsp3) is 0.133. The largest absolute Gasteiger partial charge is 0.309 e. The van der Waals surface area contributed by atoms with Gasteiger partial charge in [0, 0.05) is 18.1 Å². The highest BCUT2D eigenvalue weighted by atomic mass is 35.5. The van der Waals surface area contributed by atoms with E-state index in [9.17, 15) is 0 Å². The quantitative estimate of drug-likeness (QED) is 0.909. The van der Waals surface area contributed by atoms with E-state index in [1.54, 1.807) is 0 Å². The maximum atomic E-state index is 8.81. The predicted molar refractivity (Wildman–Crippen MR) is 73.2 cm³/mol. The number of nitrogens with one attached hydrogen (secondary N) is 1. The predicted octanol–water partition coefficient (Wildman–Crippen LogP) is 3.50. The number of nitrogens with zero attached hydrogens (tertiary/aromatic N) is 1. The molecule has 0 aromatic heterocycles. The van der Waals surface area contributed by atoms with Gasteiger partial charge in [-0.25, -0.2) is 0 Å². The number of hydrogen-bond donors (Lipinski definition) is 1. The zero-order valence-electron chi connectivity index (χ0n) is 9.86.